The van der Waals surface area contributed by atoms with Gasteiger partial charge in [0.2, 0.25) is 5.89 Å². The minimum absolute atomic E-state index is 0.0944. The van der Waals surface area contributed by atoms with E-state index >= 15 is 0 Å². The molecule has 9 nitrogen and oxygen atoms in total. The minimum Gasteiger partial charge on any atom is -0.476 e. The smallest absolute Gasteiger partial charge is 0.358 e. The van der Waals surface area contributed by atoms with E-state index in [9.17, 15) is 4.79 Å². The van der Waals surface area contributed by atoms with E-state index in [1.807, 2.05) is 13.8 Å². The first-order valence-electron chi connectivity index (χ1n) is 6.21. The SMILES string of the molecule is CC(C)c1nc(Cn2nnc(C(=O)O)c2CCN)no1. The zero-order valence-electron chi connectivity index (χ0n) is 11.3. The van der Waals surface area contributed by atoms with E-state index in [4.69, 9.17) is 15.4 Å². The van der Waals surface area contributed by atoms with Gasteiger partial charge in [0.15, 0.2) is 11.5 Å². The number of hydrogen-bond acceptors (Lipinski definition) is 7. The Morgan fingerprint density at radius 2 is 2.25 bits per heavy atom. The number of carboxylic acid groups (broad SMARTS) is 1. The highest BCUT2D eigenvalue weighted by molar-refractivity contribution is 5.86. The van der Waals surface area contributed by atoms with Gasteiger partial charge in [0.1, 0.15) is 6.54 Å². The van der Waals surface area contributed by atoms with Crippen LogP contribution in [0.2, 0.25) is 0 Å². The van der Waals surface area contributed by atoms with Gasteiger partial charge in [-0.3, -0.25) is 0 Å². The lowest BCUT2D eigenvalue weighted by molar-refractivity contribution is 0.0689. The largest absolute Gasteiger partial charge is 0.476 e. The second-order valence-electron chi connectivity index (χ2n) is 4.59. The van der Waals surface area contributed by atoms with Crippen LogP contribution in [0.1, 0.15) is 47.7 Å². The molecule has 0 aliphatic rings. The molecule has 0 spiro atoms. The highest BCUT2D eigenvalue weighted by Gasteiger charge is 2.20. The molecule has 0 saturated carbocycles. The van der Waals surface area contributed by atoms with Crippen molar-refractivity contribution in [2.45, 2.75) is 32.7 Å². The monoisotopic (exact) mass is 280 g/mol. The van der Waals surface area contributed by atoms with Crippen LogP contribution in [0.3, 0.4) is 0 Å². The molecule has 0 radical (unpaired) electrons. The summed E-state index contributed by atoms with van der Waals surface area (Å²) >= 11 is 0. The lowest BCUT2D eigenvalue weighted by Crippen LogP contribution is -2.14. The lowest BCUT2D eigenvalue weighted by Gasteiger charge is -2.02. The number of carbonyl (C=O) groups is 1. The van der Waals surface area contributed by atoms with Crippen LogP contribution in [-0.2, 0) is 13.0 Å². The summed E-state index contributed by atoms with van der Waals surface area (Å²) in [6, 6.07) is 0. The van der Waals surface area contributed by atoms with Gasteiger partial charge in [-0.05, 0) is 6.54 Å². The van der Waals surface area contributed by atoms with Crippen LogP contribution in [0.25, 0.3) is 0 Å². The zero-order chi connectivity index (χ0) is 14.7. The molecule has 108 valence electrons. The standard InChI is InChI=1S/C11H16N6O3/c1-6(2)10-13-8(15-20-10)5-17-7(3-4-12)9(11(18)19)14-16-17/h6H,3-5,12H2,1-2H3,(H,18,19). The van der Waals surface area contributed by atoms with Gasteiger partial charge >= 0.3 is 5.97 Å². The van der Waals surface area contributed by atoms with Crippen molar-refractivity contribution in [3.63, 3.8) is 0 Å². The molecule has 3 N–H and O–H groups in total. The average molecular weight is 280 g/mol. The Hall–Kier alpha value is -2.29. The lowest BCUT2D eigenvalue weighted by atomic mass is 10.2. The van der Waals surface area contributed by atoms with Gasteiger partial charge < -0.3 is 15.4 Å². The Kier molecular flexibility index (Phi) is 4.08. The van der Waals surface area contributed by atoms with E-state index in [0.717, 1.165) is 0 Å². The minimum atomic E-state index is -1.13. The number of aromatic nitrogens is 5. The van der Waals surface area contributed by atoms with Crippen LogP contribution in [0.15, 0.2) is 4.52 Å². The summed E-state index contributed by atoms with van der Waals surface area (Å²) in [7, 11) is 0. The Labute approximate surface area is 114 Å². The predicted octanol–water partition coefficient (Wildman–Crippen LogP) is 0.0322. The quantitative estimate of drug-likeness (QED) is 0.757. The molecule has 0 saturated heterocycles. The first-order chi connectivity index (χ1) is 9.52. The third kappa shape index (κ3) is 2.82. The number of aromatic carboxylic acids is 1. The van der Waals surface area contributed by atoms with Crippen LogP contribution in [0.4, 0.5) is 0 Å². The van der Waals surface area contributed by atoms with Crippen LogP contribution in [0, 0.1) is 0 Å². The van der Waals surface area contributed by atoms with Crippen molar-refractivity contribution in [1.29, 1.82) is 0 Å². The third-order valence-corrected chi connectivity index (χ3v) is 2.69. The van der Waals surface area contributed by atoms with Gasteiger partial charge in [-0.1, -0.05) is 24.2 Å². The molecule has 2 aromatic heterocycles. The molecule has 0 atom stereocenters. The van der Waals surface area contributed by atoms with Gasteiger partial charge in [0.05, 0.1) is 5.69 Å². The fraction of sp³-hybridized carbons (Fsp3) is 0.545. The van der Waals surface area contributed by atoms with Crippen molar-refractivity contribution in [3.05, 3.63) is 23.1 Å². The van der Waals surface area contributed by atoms with E-state index in [-0.39, 0.29) is 18.2 Å². The van der Waals surface area contributed by atoms with Crippen LogP contribution < -0.4 is 5.73 Å². The summed E-state index contributed by atoms with van der Waals surface area (Å²) in [5, 5.41) is 20.3. The summed E-state index contributed by atoms with van der Waals surface area (Å²) in [5.41, 5.74) is 5.84. The van der Waals surface area contributed by atoms with Gasteiger partial charge in [-0.15, -0.1) is 5.10 Å². The normalized spacial score (nSPS) is 11.2. The molecule has 0 aliphatic heterocycles. The summed E-state index contributed by atoms with van der Waals surface area (Å²) in [5.74, 6) is -0.0477. The highest BCUT2D eigenvalue weighted by atomic mass is 16.5. The van der Waals surface area contributed by atoms with Crippen molar-refractivity contribution in [2.75, 3.05) is 6.54 Å². The molecule has 0 bridgehead atoms. The van der Waals surface area contributed by atoms with Crippen LogP contribution >= 0.6 is 0 Å². The molecule has 9 heteroatoms. The summed E-state index contributed by atoms with van der Waals surface area (Å²) < 4.78 is 6.52. The Morgan fingerprint density at radius 1 is 1.50 bits per heavy atom. The predicted molar refractivity (Wildman–Crippen MR) is 67.2 cm³/mol. The topological polar surface area (TPSA) is 133 Å². The van der Waals surface area contributed by atoms with E-state index in [2.05, 4.69) is 20.5 Å². The van der Waals surface area contributed by atoms with E-state index in [1.54, 1.807) is 0 Å². The molecule has 0 aliphatic carbocycles. The van der Waals surface area contributed by atoms with Crippen molar-refractivity contribution in [3.8, 4) is 0 Å². The first kappa shape index (κ1) is 14.1. The van der Waals surface area contributed by atoms with Crippen molar-refractivity contribution < 1.29 is 14.4 Å². The van der Waals surface area contributed by atoms with Gasteiger partial charge in [0.25, 0.3) is 0 Å². The molecule has 0 unspecified atom stereocenters. The van der Waals surface area contributed by atoms with E-state index in [0.29, 0.717) is 30.4 Å². The maximum Gasteiger partial charge on any atom is 0.358 e. The van der Waals surface area contributed by atoms with E-state index < -0.39 is 5.97 Å². The molecule has 2 aromatic rings. The first-order valence-corrected chi connectivity index (χ1v) is 6.21. The number of hydrogen-bond donors (Lipinski definition) is 2. The third-order valence-electron chi connectivity index (χ3n) is 2.69. The number of nitrogens with zero attached hydrogens (tertiary/aromatic N) is 5. The Balaban J connectivity index is 2.25. The van der Waals surface area contributed by atoms with Crippen molar-refractivity contribution >= 4 is 5.97 Å². The molecule has 2 rings (SSSR count). The highest BCUT2D eigenvalue weighted by Crippen LogP contribution is 2.13. The fourth-order valence-electron chi connectivity index (χ4n) is 1.71. The number of carboxylic acids is 1. The van der Waals surface area contributed by atoms with Crippen LogP contribution in [-0.4, -0.2) is 42.8 Å². The average Bonchev–Trinajstić information content (AvgIpc) is 2.98. The summed E-state index contributed by atoms with van der Waals surface area (Å²) in [4.78, 5) is 15.3. The molecule has 0 amide bonds. The van der Waals surface area contributed by atoms with Gasteiger partial charge in [-0.2, -0.15) is 4.98 Å². The molecule has 0 aromatic carbocycles. The number of rotatable bonds is 6. The zero-order valence-corrected chi connectivity index (χ0v) is 11.3. The second kappa shape index (κ2) is 5.78. The summed E-state index contributed by atoms with van der Waals surface area (Å²) in [6.07, 6.45) is 0.365. The number of nitrogens with two attached hydrogens (primary N) is 1. The summed E-state index contributed by atoms with van der Waals surface area (Å²) in [6.45, 7) is 4.38. The van der Waals surface area contributed by atoms with Gasteiger partial charge in [-0.25, -0.2) is 9.48 Å². The molecular weight excluding hydrogens is 264 g/mol. The van der Waals surface area contributed by atoms with Crippen molar-refractivity contribution in [1.82, 2.24) is 25.1 Å². The maximum atomic E-state index is 11.0. The van der Waals surface area contributed by atoms with Gasteiger partial charge in [0, 0.05) is 12.3 Å². The fourth-order valence-corrected chi connectivity index (χ4v) is 1.71. The Bertz CT molecular complexity index is 603. The second-order valence-corrected chi connectivity index (χ2v) is 4.59. The molecule has 0 fully saturated rings. The Morgan fingerprint density at radius 3 is 2.80 bits per heavy atom. The molecular formula is C11H16N6O3. The van der Waals surface area contributed by atoms with Crippen LogP contribution in [0.5, 0.6) is 0 Å². The maximum absolute atomic E-state index is 11.0. The molecule has 2 heterocycles. The van der Waals surface area contributed by atoms with Crippen molar-refractivity contribution in [2.24, 2.45) is 5.73 Å². The molecule has 20 heavy (non-hydrogen) atoms. The van der Waals surface area contributed by atoms with E-state index in [1.165, 1.54) is 4.68 Å².